The Morgan fingerprint density at radius 2 is 1.71 bits per heavy atom. The molecule has 0 unspecified atom stereocenters. The van der Waals surface area contributed by atoms with Gasteiger partial charge in [0, 0.05) is 24.6 Å². The van der Waals surface area contributed by atoms with E-state index in [9.17, 15) is 0 Å². The zero-order chi connectivity index (χ0) is 15.5. The van der Waals surface area contributed by atoms with Gasteiger partial charge in [0.2, 0.25) is 0 Å². The van der Waals surface area contributed by atoms with Crippen molar-refractivity contribution in [1.82, 2.24) is 9.97 Å². The summed E-state index contributed by atoms with van der Waals surface area (Å²) in [5.41, 5.74) is 1.66. The van der Waals surface area contributed by atoms with E-state index in [1.54, 1.807) is 0 Å². The van der Waals surface area contributed by atoms with Crippen LogP contribution in [0.1, 0.15) is 70.7 Å². The molecule has 1 aliphatic carbocycles. The van der Waals surface area contributed by atoms with Crippen molar-refractivity contribution in [2.75, 3.05) is 23.7 Å². The van der Waals surface area contributed by atoms with Crippen LogP contribution in [0.2, 0.25) is 0 Å². The van der Waals surface area contributed by atoms with Crippen LogP contribution in [0.4, 0.5) is 11.6 Å². The van der Waals surface area contributed by atoms with Crippen molar-refractivity contribution in [2.24, 2.45) is 5.41 Å². The SMILES string of the molecule is CCCC1(CNc2nc(C(C)C)nc(NCC)c2C)CC1. The van der Waals surface area contributed by atoms with Crippen molar-refractivity contribution < 1.29 is 0 Å². The summed E-state index contributed by atoms with van der Waals surface area (Å²) in [5, 5.41) is 6.96. The van der Waals surface area contributed by atoms with Gasteiger partial charge in [-0.2, -0.15) is 0 Å². The first-order valence-electron chi connectivity index (χ1n) is 8.37. The fraction of sp³-hybridized carbons (Fsp3) is 0.765. The van der Waals surface area contributed by atoms with Gasteiger partial charge in [-0.3, -0.25) is 0 Å². The zero-order valence-corrected chi connectivity index (χ0v) is 14.2. The van der Waals surface area contributed by atoms with Gasteiger partial charge in [0.25, 0.3) is 0 Å². The first-order valence-corrected chi connectivity index (χ1v) is 8.37. The van der Waals surface area contributed by atoms with E-state index in [-0.39, 0.29) is 0 Å². The molecule has 1 saturated carbocycles. The first kappa shape index (κ1) is 16.1. The van der Waals surface area contributed by atoms with E-state index in [0.29, 0.717) is 11.3 Å². The minimum absolute atomic E-state index is 0.342. The van der Waals surface area contributed by atoms with Crippen molar-refractivity contribution >= 4 is 11.6 Å². The minimum Gasteiger partial charge on any atom is -0.370 e. The largest absolute Gasteiger partial charge is 0.370 e. The lowest BCUT2D eigenvalue weighted by Crippen LogP contribution is -2.18. The second kappa shape index (κ2) is 6.63. The van der Waals surface area contributed by atoms with Crippen molar-refractivity contribution in [3.63, 3.8) is 0 Å². The van der Waals surface area contributed by atoms with E-state index in [1.165, 1.54) is 25.7 Å². The second-order valence-electron chi connectivity index (χ2n) is 6.69. The summed E-state index contributed by atoms with van der Waals surface area (Å²) in [6.07, 6.45) is 5.30. The third-order valence-electron chi connectivity index (χ3n) is 4.39. The quantitative estimate of drug-likeness (QED) is 0.748. The number of nitrogens with one attached hydrogen (secondary N) is 2. The van der Waals surface area contributed by atoms with Gasteiger partial charge in [0.1, 0.15) is 17.5 Å². The number of hydrogen-bond donors (Lipinski definition) is 2. The Labute approximate surface area is 129 Å². The number of rotatable bonds is 8. The number of hydrogen-bond acceptors (Lipinski definition) is 4. The Balaban J connectivity index is 2.17. The fourth-order valence-electron chi connectivity index (χ4n) is 2.80. The normalized spacial score (nSPS) is 16.1. The Bertz CT molecular complexity index is 478. The molecule has 0 aromatic carbocycles. The molecule has 21 heavy (non-hydrogen) atoms. The molecular formula is C17H30N4. The summed E-state index contributed by atoms with van der Waals surface area (Å²) < 4.78 is 0. The molecular weight excluding hydrogens is 260 g/mol. The predicted molar refractivity (Wildman–Crippen MR) is 90.1 cm³/mol. The van der Waals surface area contributed by atoms with E-state index in [2.05, 4.69) is 50.2 Å². The number of nitrogens with zero attached hydrogens (tertiary/aromatic N) is 2. The van der Waals surface area contributed by atoms with Crippen molar-refractivity contribution in [2.45, 2.75) is 66.2 Å². The number of anilines is 2. The van der Waals surface area contributed by atoms with Crippen molar-refractivity contribution in [3.8, 4) is 0 Å². The molecule has 1 aliphatic rings. The average Bonchev–Trinajstić information content (AvgIpc) is 3.20. The highest BCUT2D eigenvalue weighted by Crippen LogP contribution is 2.49. The highest BCUT2D eigenvalue weighted by atomic mass is 15.1. The van der Waals surface area contributed by atoms with Crippen LogP contribution in [-0.4, -0.2) is 23.1 Å². The van der Waals surface area contributed by atoms with Gasteiger partial charge in [-0.25, -0.2) is 9.97 Å². The average molecular weight is 290 g/mol. The maximum atomic E-state index is 4.74. The monoisotopic (exact) mass is 290 g/mol. The molecule has 0 atom stereocenters. The van der Waals surface area contributed by atoms with Crippen LogP contribution in [0.25, 0.3) is 0 Å². The molecule has 0 saturated heterocycles. The smallest absolute Gasteiger partial charge is 0.135 e. The lowest BCUT2D eigenvalue weighted by Gasteiger charge is -2.19. The molecule has 0 aliphatic heterocycles. The Morgan fingerprint density at radius 3 is 2.19 bits per heavy atom. The molecule has 0 spiro atoms. The van der Waals surface area contributed by atoms with Gasteiger partial charge in [-0.05, 0) is 38.5 Å². The van der Waals surface area contributed by atoms with Gasteiger partial charge in [-0.1, -0.05) is 27.2 Å². The summed E-state index contributed by atoms with van der Waals surface area (Å²) in [6.45, 7) is 12.7. The third-order valence-corrected chi connectivity index (χ3v) is 4.39. The molecule has 4 nitrogen and oxygen atoms in total. The Hall–Kier alpha value is -1.32. The molecule has 118 valence electrons. The topological polar surface area (TPSA) is 49.8 Å². The highest BCUT2D eigenvalue weighted by molar-refractivity contribution is 5.57. The van der Waals surface area contributed by atoms with Crippen LogP contribution < -0.4 is 10.6 Å². The van der Waals surface area contributed by atoms with Gasteiger partial charge in [0.05, 0.1) is 0 Å². The van der Waals surface area contributed by atoms with Crippen LogP contribution in [0.5, 0.6) is 0 Å². The maximum absolute atomic E-state index is 4.74. The van der Waals surface area contributed by atoms with Gasteiger partial charge in [0.15, 0.2) is 0 Å². The lowest BCUT2D eigenvalue weighted by molar-refractivity contribution is 0.485. The van der Waals surface area contributed by atoms with Crippen molar-refractivity contribution in [3.05, 3.63) is 11.4 Å². The molecule has 1 fully saturated rings. The zero-order valence-electron chi connectivity index (χ0n) is 14.2. The van der Waals surface area contributed by atoms with Crippen molar-refractivity contribution in [1.29, 1.82) is 0 Å². The van der Waals surface area contributed by atoms with Gasteiger partial charge >= 0.3 is 0 Å². The molecule has 0 radical (unpaired) electrons. The standard InChI is InChI=1S/C17H30N4/c1-6-8-17(9-10-17)11-19-16-13(5)15(18-7-2)20-14(21-16)12(3)4/h12H,6-11H2,1-5H3,(H2,18,19,20,21). The Kier molecular flexibility index (Phi) is 5.07. The molecule has 4 heteroatoms. The third kappa shape index (κ3) is 3.86. The predicted octanol–water partition coefficient (Wildman–Crippen LogP) is 4.33. The maximum Gasteiger partial charge on any atom is 0.135 e. The van der Waals surface area contributed by atoms with E-state index in [0.717, 1.165) is 36.1 Å². The van der Waals surface area contributed by atoms with Crippen LogP contribution in [0, 0.1) is 12.3 Å². The number of aromatic nitrogens is 2. The van der Waals surface area contributed by atoms with Crippen LogP contribution >= 0.6 is 0 Å². The van der Waals surface area contributed by atoms with Crippen LogP contribution in [0.15, 0.2) is 0 Å². The van der Waals surface area contributed by atoms with Gasteiger partial charge in [-0.15, -0.1) is 0 Å². The molecule has 0 bridgehead atoms. The second-order valence-corrected chi connectivity index (χ2v) is 6.69. The lowest BCUT2D eigenvalue weighted by atomic mass is 10.0. The Morgan fingerprint density at radius 1 is 1.10 bits per heavy atom. The molecule has 2 rings (SSSR count). The molecule has 1 aromatic rings. The van der Waals surface area contributed by atoms with E-state index < -0.39 is 0 Å². The van der Waals surface area contributed by atoms with Crippen LogP contribution in [0.3, 0.4) is 0 Å². The minimum atomic E-state index is 0.342. The summed E-state index contributed by atoms with van der Waals surface area (Å²) in [4.78, 5) is 9.40. The first-order chi connectivity index (χ1) is 10.0. The van der Waals surface area contributed by atoms with E-state index >= 15 is 0 Å². The molecule has 1 heterocycles. The molecule has 0 amide bonds. The fourth-order valence-corrected chi connectivity index (χ4v) is 2.80. The molecule has 2 N–H and O–H groups in total. The summed E-state index contributed by atoms with van der Waals surface area (Å²) in [6, 6.07) is 0. The van der Waals surface area contributed by atoms with Gasteiger partial charge < -0.3 is 10.6 Å². The summed E-state index contributed by atoms with van der Waals surface area (Å²) >= 11 is 0. The summed E-state index contributed by atoms with van der Waals surface area (Å²) in [5.74, 6) is 3.24. The van der Waals surface area contributed by atoms with E-state index in [1.807, 2.05) is 0 Å². The highest BCUT2D eigenvalue weighted by Gasteiger charge is 2.41. The van der Waals surface area contributed by atoms with Crippen LogP contribution in [-0.2, 0) is 0 Å². The van der Waals surface area contributed by atoms with E-state index in [4.69, 9.17) is 4.98 Å². The summed E-state index contributed by atoms with van der Waals surface area (Å²) in [7, 11) is 0. The molecule has 1 aromatic heterocycles.